The topological polar surface area (TPSA) is 0 Å². The van der Waals surface area contributed by atoms with Crippen LogP contribution in [0.4, 0.5) is 13.2 Å². The van der Waals surface area contributed by atoms with E-state index in [1.165, 1.54) is 18.2 Å². The summed E-state index contributed by atoms with van der Waals surface area (Å²) in [5.41, 5.74) is 4.64. The van der Waals surface area contributed by atoms with Gasteiger partial charge >= 0.3 is 6.18 Å². The molecule has 2 aromatic rings. The van der Waals surface area contributed by atoms with Crippen molar-refractivity contribution in [3.8, 4) is 0 Å². The molecule has 4 heteroatoms. The Bertz CT molecular complexity index is 750. The Morgan fingerprint density at radius 2 is 1.58 bits per heavy atom. The quantitative estimate of drug-likeness (QED) is 0.561. The predicted octanol–water partition coefficient (Wildman–Crippen LogP) is 6.93. The summed E-state index contributed by atoms with van der Waals surface area (Å²) in [5, 5.41) is 0.360. The van der Waals surface area contributed by atoms with E-state index >= 15 is 0 Å². The minimum Gasteiger partial charge on any atom is -0.170 e. The average Bonchev–Trinajstić information content (AvgIpc) is 2.47. The summed E-state index contributed by atoms with van der Waals surface area (Å²) >= 11 is 6.08. The van der Waals surface area contributed by atoms with Gasteiger partial charge in [0.1, 0.15) is 0 Å². The Hall–Kier alpha value is -1.74. The summed E-state index contributed by atoms with van der Waals surface area (Å²) in [5.74, 6) is -1.68. The Kier molecular flexibility index (Phi) is 5.44. The van der Waals surface area contributed by atoms with Gasteiger partial charge < -0.3 is 0 Å². The molecular weight excluding hydrogens is 333 g/mol. The third-order valence-electron chi connectivity index (χ3n) is 4.35. The summed E-state index contributed by atoms with van der Waals surface area (Å²) in [4.78, 5) is 0. The first-order valence-electron chi connectivity index (χ1n) is 7.68. The molecule has 1 unspecified atom stereocenters. The van der Waals surface area contributed by atoms with Crippen LogP contribution < -0.4 is 0 Å². The highest BCUT2D eigenvalue weighted by Crippen LogP contribution is 2.38. The molecule has 0 bridgehead atoms. The summed E-state index contributed by atoms with van der Waals surface area (Å²) in [6, 6.07) is 8.58. The number of aryl methyl sites for hydroxylation is 3. The second kappa shape index (κ2) is 7.02. The van der Waals surface area contributed by atoms with Gasteiger partial charge in [0.15, 0.2) is 0 Å². The fraction of sp³-hybridized carbons (Fsp3) is 0.300. The van der Waals surface area contributed by atoms with E-state index < -0.39 is 12.1 Å². The van der Waals surface area contributed by atoms with Gasteiger partial charge in [0, 0.05) is 5.02 Å². The first kappa shape index (κ1) is 18.6. The SMILES string of the molecule is Cc1ccc(/C=C/C(c2cc(C)c(C)c(Cl)c2)C(F)(F)F)cc1C. The van der Waals surface area contributed by atoms with Gasteiger partial charge in [-0.1, -0.05) is 48.0 Å². The van der Waals surface area contributed by atoms with Gasteiger partial charge in [-0.25, -0.2) is 0 Å². The lowest BCUT2D eigenvalue weighted by Gasteiger charge is -2.19. The molecule has 128 valence electrons. The molecule has 0 N–H and O–H groups in total. The highest BCUT2D eigenvalue weighted by Gasteiger charge is 2.39. The van der Waals surface area contributed by atoms with Crippen LogP contribution in [0, 0.1) is 27.7 Å². The number of halogens is 4. The van der Waals surface area contributed by atoms with E-state index in [2.05, 4.69) is 0 Å². The van der Waals surface area contributed by atoms with Crippen LogP contribution in [0.1, 0.15) is 39.3 Å². The number of allylic oxidation sites excluding steroid dienone is 1. The molecule has 0 fully saturated rings. The maximum atomic E-state index is 13.5. The lowest BCUT2D eigenvalue weighted by atomic mass is 9.93. The minimum absolute atomic E-state index is 0.163. The van der Waals surface area contributed by atoms with Crippen molar-refractivity contribution in [2.75, 3.05) is 0 Å². The molecule has 2 rings (SSSR count). The smallest absolute Gasteiger partial charge is 0.170 e. The molecule has 24 heavy (non-hydrogen) atoms. The van der Waals surface area contributed by atoms with Gasteiger partial charge in [-0.2, -0.15) is 13.2 Å². The van der Waals surface area contributed by atoms with Crippen molar-refractivity contribution >= 4 is 17.7 Å². The Morgan fingerprint density at radius 1 is 0.917 bits per heavy atom. The zero-order valence-corrected chi connectivity index (χ0v) is 14.9. The van der Waals surface area contributed by atoms with E-state index in [0.29, 0.717) is 5.02 Å². The minimum atomic E-state index is -4.37. The summed E-state index contributed by atoms with van der Waals surface area (Å²) in [7, 11) is 0. The average molecular weight is 353 g/mol. The van der Waals surface area contributed by atoms with Crippen LogP contribution in [-0.2, 0) is 0 Å². The normalized spacial score (nSPS) is 13.5. The Labute approximate surface area is 146 Å². The Morgan fingerprint density at radius 3 is 2.12 bits per heavy atom. The van der Waals surface area contributed by atoms with Crippen molar-refractivity contribution in [1.82, 2.24) is 0 Å². The second-order valence-electron chi connectivity index (χ2n) is 6.17. The van der Waals surface area contributed by atoms with Gasteiger partial charge in [0.25, 0.3) is 0 Å². The van der Waals surface area contributed by atoms with Crippen molar-refractivity contribution in [2.24, 2.45) is 0 Å². The molecule has 0 aliphatic carbocycles. The van der Waals surface area contributed by atoms with Crippen LogP contribution in [0.3, 0.4) is 0 Å². The van der Waals surface area contributed by atoms with E-state index in [1.54, 1.807) is 19.9 Å². The summed E-state index contributed by atoms with van der Waals surface area (Å²) in [6.45, 7) is 7.48. The van der Waals surface area contributed by atoms with Crippen LogP contribution >= 0.6 is 11.6 Å². The molecule has 0 aliphatic rings. The number of hydrogen-bond donors (Lipinski definition) is 0. The largest absolute Gasteiger partial charge is 0.399 e. The second-order valence-corrected chi connectivity index (χ2v) is 6.57. The number of rotatable bonds is 3. The molecule has 0 aromatic heterocycles. The number of alkyl halides is 3. The van der Waals surface area contributed by atoms with E-state index in [1.807, 2.05) is 32.0 Å². The monoisotopic (exact) mass is 352 g/mol. The highest BCUT2D eigenvalue weighted by atomic mass is 35.5. The van der Waals surface area contributed by atoms with E-state index in [9.17, 15) is 13.2 Å². The van der Waals surface area contributed by atoms with Gasteiger partial charge in [-0.3, -0.25) is 0 Å². The van der Waals surface area contributed by atoms with Crippen molar-refractivity contribution in [3.05, 3.63) is 74.8 Å². The lowest BCUT2D eigenvalue weighted by molar-refractivity contribution is -0.139. The Balaban J connectivity index is 2.43. The van der Waals surface area contributed by atoms with Crippen LogP contribution in [0.25, 0.3) is 6.08 Å². The maximum Gasteiger partial charge on any atom is 0.399 e. The standard InChI is InChI=1S/C20H20ClF3/c1-12-5-6-16(9-13(12)2)7-8-18(20(22,23)24)17-10-14(3)15(4)19(21)11-17/h5-11,18H,1-4H3/b8-7+. The molecule has 0 nitrogen and oxygen atoms in total. The van der Waals surface area contributed by atoms with Crippen molar-refractivity contribution in [2.45, 2.75) is 39.8 Å². The van der Waals surface area contributed by atoms with Crippen LogP contribution in [0.2, 0.25) is 5.02 Å². The van der Waals surface area contributed by atoms with E-state index in [-0.39, 0.29) is 5.56 Å². The first-order chi connectivity index (χ1) is 11.1. The van der Waals surface area contributed by atoms with Crippen LogP contribution in [0.5, 0.6) is 0 Å². The zero-order chi connectivity index (χ0) is 18.1. The molecular formula is C20H20ClF3. The first-order valence-corrected chi connectivity index (χ1v) is 8.06. The lowest BCUT2D eigenvalue weighted by Crippen LogP contribution is -2.19. The molecule has 0 spiro atoms. The van der Waals surface area contributed by atoms with Crippen LogP contribution in [-0.4, -0.2) is 6.18 Å². The maximum absolute atomic E-state index is 13.5. The molecule has 0 heterocycles. The molecule has 0 saturated carbocycles. The third-order valence-corrected chi connectivity index (χ3v) is 4.74. The van der Waals surface area contributed by atoms with E-state index in [0.717, 1.165) is 27.8 Å². The van der Waals surface area contributed by atoms with Crippen molar-refractivity contribution < 1.29 is 13.2 Å². The highest BCUT2D eigenvalue weighted by molar-refractivity contribution is 6.31. The third kappa shape index (κ3) is 4.21. The number of benzene rings is 2. The fourth-order valence-electron chi connectivity index (χ4n) is 2.51. The molecule has 1 atom stereocenters. The fourth-order valence-corrected chi connectivity index (χ4v) is 2.78. The predicted molar refractivity (Wildman–Crippen MR) is 94.7 cm³/mol. The number of hydrogen-bond acceptors (Lipinski definition) is 0. The van der Waals surface area contributed by atoms with Crippen molar-refractivity contribution in [3.63, 3.8) is 0 Å². The van der Waals surface area contributed by atoms with Gasteiger partial charge in [0.2, 0.25) is 0 Å². The van der Waals surface area contributed by atoms with Crippen LogP contribution in [0.15, 0.2) is 36.4 Å². The summed E-state index contributed by atoms with van der Waals surface area (Å²) < 4.78 is 40.6. The van der Waals surface area contributed by atoms with Gasteiger partial charge in [-0.05, 0) is 67.1 Å². The molecule has 2 aromatic carbocycles. The molecule has 0 aliphatic heterocycles. The van der Waals surface area contributed by atoms with Crippen molar-refractivity contribution in [1.29, 1.82) is 0 Å². The summed E-state index contributed by atoms with van der Waals surface area (Å²) in [6.07, 6.45) is -1.65. The molecule has 0 radical (unpaired) electrons. The van der Waals surface area contributed by atoms with E-state index in [4.69, 9.17) is 11.6 Å². The zero-order valence-electron chi connectivity index (χ0n) is 14.1. The van der Waals surface area contributed by atoms with Gasteiger partial charge in [-0.15, -0.1) is 0 Å². The van der Waals surface area contributed by atoms with Gasteiger partial charge in [0.05, 0.1) is 5.92 Å². The molecule has 0 saturated heterocycles. The molecule has 0 amide bonds.